The molecule has 0 aliphatic carbocycles. The third-order valence-corrected chi connectivity index (χ3v) is 3.12. The lowest BCUT2D eigenvalue weighted by Gasteiger charge is -2.06. The first-order valence-corrected chi connectivity index (χ1v) is 7.25. The maximum Gasteiger partial charge on any atom is 0.149 e. The summed E-state index contributed by atoms with van der Waals surface area (Å²) < 4.78 is 22.5. The van der Waals surface area contributed by atoms with Crippen molar-refractivity contribution in [1.82, 2.24) is 4.98 Å². The molecule has 86 valence electrons. The first-order valence-electron chi connectivity index (χ1n) is 4.39. The highest BCUT2D eigenvalue weighted by atomic mass is 79.9. The molecule has 0 atom stereocenters. The number of rotatable bonds is 4. The highest BCUT2D eigenvalue weighted by Gasteiger charge is 2.06. The van der Waals surface area contributed by atoms with Gasteiger partial charge < -0.3 is 5.32 Å². The van der Waals surface area contributed by atoms with Gasteiger partial charge in [-0.05, 0) is 22.0 Å². The van der Waals surface area contributed by atoms with Gasteiger partial charge in [0.2, 0.25) is 0 Å². The average Bonchev–Trinajstić information content (AvgIpc) is 2.18. The third-order valence-electron chi connectivity index (χ3n) is 1.74. The lowest BCUT2D eigenvalue weighted by Crippen LogP contribution is -2.15. The lowest BCUT2D eigenvalue weighted by molar-refractivity contribution is 0.602. The normalized spacial score (nSPS) is 10.8. The number of hydrogen-bond donors (Lipinski definition) is 1. The molecule has 0 bridgehead atoms. The van der Waals surface area contributed by atoms with Crippen LogP contribution in [-0.2, 0) is 9.84 Å². The first kappa shape index (κ1) is 12.9. The molecule has 0 fully saturated rings. The number of nitrogens with zero attached hydrogens (tertiary/aromatic N) is 2. The summed E-state index contributed by atoms with van der Waals surface area (Å²) in [6, 6.07) is 3.60. The number of sulfone groups is 1. The van der Waals surface area contributed by atoms with E-state index in [9.17, 15) is 8.42 Å². The number of halogens is 1. The molecular weight excluding hydrogens is 294 g/mol. The quantitative estimate of drug-likeness (QED) is 0.903. The molecule has 0 amide bonds. The van der Waals surface area contributed by atoms with E-state index in [1.54, 1.807) is 12.3 Å². The van der Waals surface area contributed by atoms with Gasteiger partial charge in [0.1, 0.15) is 21.7 Å². The molecule has 1 aromatic heterocycles. The molecule has 0 radical (unpaired) electrons. The fourth-order valence-electron chi connectivity index (χ4n) is 1.02. The van der Waals surface area contributed by atoms with E-state index in [2.05, 4.69) is 26.2 Å². The van der Waals surface area contributed by atoms with E-state index in [1.165, 1.54) is 0 Å². The molecule has 0 saturated carbocycles. The summed E-state index contributed by atoms with van der Waals surface area (Å²) in [6.07, 6.45) is 2.71. The van der Waals surface area contributed by atoms with Gasteiger partial charge >= 0.3 is 0 Å². The molecule has 0 aliphatic rings. The molecule has 5 nitrogen and oxygen atoms in total. The first-order chi connectivity index (χ1) is 7.42. The van der Waals surface area contributed by atoms with E-state index >= 15 is 0 Å². The van der Waals surface area contributed by atoms with Crippen molar-refractivity contribution >= 4 is 31.6 Å². The molecule has 0 aromatic carbocycles. The van der Waals surface area contributed by atoms with Crippen molar-refractivity contribution in [3.8, 4) is 6.07 Å². The van der Waals surface area contributed by atoms with Crippen LogP contribution < -0.4 is 5.32 Å². The van der Waals surface area contributed by atoms with Crippen molar-refractivity contribution < 1.29 is 8.42 Å². The van der Waals surface area contributed by atoms with Gasteiger partial charge in [-0.15, -0.1) is 0 Å². The second kappa shape index (κ2) is 5.27. The Morgan fingerprint density at radius 2 is 2.31 bits per heavy atom. The molecule has 0 spiro atoms. The summed E-state index contributed by atoms with van der Waals surface area (Å²) in [5, 5.41) is 11.6. The number of anilines is 1. The Morgan fingerprint density at radius 3 is 2.88 bits per heavy atom. The SMILES string of the molecule is CS(=O)(=O)CCNc1ncc(Br)cc1C#N. The molecular formula is C9H10BrN3O2S. The predicted octanol–water partition coefficient (Wildman–Crippen LogP) is 1.17. The monoisotopic (exact) mass is 303 g/mol. The second-order valence-corrected chi connectivity index (χ2v) is 6.39. The molecule has 0 aliphatic heterocycles. The van der Waals surface area contributed by atoms with E-state index in [0.717, 1.165) is 6.26 Å². The average molecular weight is 304 g/mol. The molecule has 1 rings (SSSR count). The van der Waals surface area contributed by atoms with Crippen molar-refractivity contribution in [2.75, 3.05) is 23.9 Å². The van der Waals surface area contributed by atoms with Crippen LogP contribution in [0.1, 0.15) is 5.56 Å². The number of pyridine rings is 1. The van der Waals surface area contributed by atoms with E-state index < -0.39 is 9.84 Å². The van der Waals surface area contributed by atoms with Gasteiger partial charge in [-0.25, -0.2) is 13.4 Å². The topological polar surface area (TPSA) is 82.8 Å². The number of hydrogen-bond acceptors (Lipinski definition) is 5. The molecule has 7 heteroatoms. The van der Waals surface area contributed by atoms with E-state index in [-0.39, 0.29) is 12.3 Å². The molecule has 0 saturated heterocycles. The Balaban J connectivity index is 2.72. The van der Waals surface area contributed by atoms with Crippen LogP contribution in [0.5, 0.6) is 0 Å². The second-order valence-electron chi connectivity index (χ2n) is 3.22. The summed E-state index contributed by atoms with van der Waals surface area (Å²) in [5.74, 6) is 0.407. The largest absolute Gasteiger partial charge is 0.368 e. The van der Waals surface area contributed by atoms with Crippen molar-refractivity contribution in [3.63, 3.8) is 0 Å². The maximum absolute atomic E-state index is 10.9. The van der Waals surface area contributed by atoms with Crippen molar-refractivity contribution in [1.29, 1.82) is 5.26 Å². The minimum Gasteiger partial charge on any atom is -0.368 e. The Labute approximate surface area is 103 Å². The van der Waals surface area contributed by atoms with E-state index in [0.29, 0.717) is 15.9 Å². The van der Waals surface area contributed by atoms with Crippen LogP contribution in [0.4, 0.5) is 5.82 Å². The number of nitrogens with one attached hydrogen (secondary N) is 1. The number of aromatic nitrogens is 1. The minimum absolute atomic E-state index is 0.00954. The Kier molecular flexibility index (Phi) is 4.26. The fourth-order valence-corrected chi connectivity index (χ4v) is 1.82. The highest BCUT2D eigenvalue weighted by Crippen LogP contribution is 2.16. The minimum atomic E-state index is -3.00. The van der Waals surface area contributed by atoms with Gasteiger partial charge in [0.25, 0.3) is 0 Å². The van der Waals surface area contributed by atoms with Crippen molar-refractivity contribution in [2.45, 2.75) is 0 Å². The number of nitriles is 1. The summed E-state index contributed by atoms with van der Waals surface area (Å²) in [6.45, 7) is 0.238. The maximum atomic E-state index is 10.9. The van der Waals surface area contributed by atoms with Crippen LogP contribution in [0, 0.1) is 11.3 Å². The lowest BCUT2D eigenvalue weighted by atomic mass is 10.3. The molecule has 16 heavy (non-hydrogen) atoms. The standard InChI is InChI=1S/C9H10BrN3O2S/c1-16(14,15)3-2-12-9-7(5-11)4-8(10)6-13-9/h4,6H,2-3H2,1H3,(H,12,13). The predicted molar refractivity (Wildman–Crippen MR) is 64.9 cm³/mol. The third kappa shape index (κ3) is 4.16. The zero-order valence-corrected chi connectivity index (χ0v) is 11.0. The van der Waals surface area contributed by atoms with Crippen LogP contribution in [0.3, 0.4) is 0 Å². The summed E-state index contributed by atoms with van der Waals surface area (Å²) >= 11 is 3.20. The van der Waals surface area contributed by atoms with Crippen molar-refractivity contribution in [2.24, 2.45) is 0 Å². The molecule has 0 unspecified atom stereocenters. The Bertz CT molecular complexity index is 522. The summed E-state index contributed by atoms with van der Waals surface area (Å²) in [4.78, 5) is 3.99. The van der Waals surface area contributed by atoms with Crippen LogP contribution in [0.25, 0.3) is 0 Å². The molecule has 1 aromatic rings. The zero-order valence-electron chi connectivity index (χ0n) is 8.57. The van der Waals surface area contributed by atoms with Gasteiger partial charge in [0, 0.05) is 23.5 Å². The van der Waals surface area contributed by atoms with Crippen LogP contribution >= 0.6 is 15.9 Å². The van der Waals surface area contributed by atoms with Crippen molar-refractivity contribution in [3.05, 3.63) is 22.3 Å². The van der Waals surface area contributed by atoms with Gasteiger partial charge in [-0.3, -0.25) is 0 Å². The van der Waals surface area contributed by atoms with E-state index in [4.69, 9.17) is 5.26 Å². The molecule has 1 N–H and O–H groups in total. The smallest absolute Gasteiger partial charge is 0.149 e. The molecule has 1 heterocycles. The summed E-state index contributed by atoms with van der Waals surface area (Å²) in [5.41, 5.74) is 0.378. The van der Waals surface area contributed by atoms with Gasteiger partial charge in [-0.1, -0.05) is 0 Å². The van der Waals surface area contributed by atoms with Crippen LogP contribution in [-0.4, -0.2) is 32.0 Å². The van der Waals surface area contributed by atoms with Gasteiger partial charge in [0.05, 0.1) is 11.3 Å². The van der Waals surface area contributed by atoms with Gasteiger partial charge in [0.15, 0.2) is 0 Å². The Hall–Kier alpha value is -1.13. The zero-order chi connectivity index (χ0) is 12.2. The van der Waals surface area contributed by atoms with Crippen LogP contribution in [0.2, 0.25) is 0 Å². The summed E-state index contributed by atoms with van der Waals surface area (Å²) in [7, 11) is -3.00. The highest BCUT2D eigenvalue weighted by molar-refractivity contribution is 9.10. The Morgan fingerprint density at radius 1 is 1.62 bits per heavy atom. The van der Waals surface area contributed by atoms with Gasteiger partial charge in [-0.2, -0.15) is 5.26 Å². The van der Waals surface area contributed by atoms with E-state index in [1.807, 2.05) is 6.07 Å². The van der Waals surface area contributed by atoms with Crippen LogP contribution in [0.15, 0.2) is 16.7 Å². The fraction of sp³-hybridized carbons (Fsp3) is 0.333.